The minimum absolute atomic E-state index is 0.437. The number of aromatic nitrogens is 3. The molecule has 0 radical (unpaired) electrons. The van der Waals surface area contributed by atoms with Crippen molar-refractivity contribution in [1.82, 2.24) is 14.9 Å². The van der Waals surface area contributed by atoms with E-state index >= 15 is 0 Å². The standard InChI is InChI=1S/C25H24N4O2S/c1-19-11-13-21(14-12-19)17-32-25-28-26-18-29(25)27-15-22-9-6-10-23(30-2)24(22)31-16-20-7-4-3-5-8-20/h3-15,18H,16-17H2,1-2H3/b27-15+. The van der Waals surface area contributed by atoms with Crippen LogP contribution in [0.5, 0.6) is 11.5 Å². The van der Waals surface area contributed by atoms with Gasteiger partial charge in [-0.1, -0.05) is 78.0 Å². The third-order valence-electron chi connectivity index (χ3n) is 4.77. The largest absolute Gasteiger partial charge is 0.493 e. The first-order valence-electron chi connectivity index (χ1n) is 10.2. The second kappa shape index (κ2) is 10.6. The average molecular weight is 445 g/mol. The SMILES string of the molecule is COc1cccc(/C=N/n2cnnc2SCc2ccc(C)cc2)c1OCc1ccccc1. The van der Waals surface area contributed by atoms with Crippen LogP contribution in [0, 0.1) is 6.92 Å². The molecule has 0 saturated carbocycles. The minimum Gasteiger partial charge on any atom is -0.493 e. The summed E-state index contributed by atoms with van der Waals surface area (Å²) in [6, 6.07) is 24.2. The highest BCUT2D eigenvalue weighted by Gasteiger charge is 2.11. The molecule has 1 heterocycles. The van der Waals surface area contributed by atoms with Gasteiger partial charge in [0.25, 0.3) is 0 Å². The molecule has 6 nitrogen and oxygen atoms in total. The van der Waals surface area contributed by atoms with Crippen LogP contribution in [0.4, 0.5) is 0 Å². The quantitative estimate of drug-likeness (QED) is 0.257. The summed E-state index contributed by atoms with van der Waals surface area (Å²) in [5, 5.41) is 13.5. The van der Waals surface area contributed by atoms with Gasteiger partial charge in [0.1, 0.15) is 12.9 Å². The number of rotatable bonds is 9. The molecule has 0 unspecified atom stereocenters. The van der Waals surface area contributed by atoms with Crippen molar-refractivity contribution in [3.63, 3.8) is 0 Å². The molecule has 3 aromatic carbocycles. The zero-order valence-electron chi connectivity index (χ0n) is 18.0. The fraction of sp³-hybridized carbons (Fsp3) is 0.160. The zero-order valence-corrected chi connectivity index (χ0v) is 18.8. The first kappa shape index (κ1) is 21.6. The Morgan fingerprint density at radius 3 is 2.56 bits per heavy atom. The van der Waals surface area contributed by atoms with Crippen LogP contribution in [0.2, 0.25) is 0 Å². The molecule has 0 bridgehead atoms. The van der Waals surface area contributed by atoms with E-state index in [4.69, 9.17) is 9.47 Å². The molecule has 1 aromatic heterocycles. The molecule has 4 aromatic rings. The van der Waals surface area contributed by atoms with Gasteiger partial charge in [0.2, 0.25) is 5.16 Å². The monoisotopic (exact) mass is 444 g/mol. The number of thioether (sulfide) groups is 1. The highest BCUT2D eigenvalue weighted by molar-refractivity contribution is 7.98. The molecule has 0 N–H and O–H groups in total. The number of para-hydroxylation sites is 1. The van der Waals surface area contributed by atoms with E-state index in [-0.39, 0.29) is 0 Å². The van der Waals surface area contributed by atoms with Gasteiger partial charge < -0.3 is 9.47 Å². The van der Waals surface area contributed by atoms with Crippen molar-refractivity contribution in [2.75, 3.05) is 7.11 Å². The van der Waals surface area contributed by atoms with E-state index < -0.39 is 0 Å². The van der Waals surface area contributed by atoms with Crippen LogP contribution in [-0.2, 0) is 12.4 Å². The van der Waals surface area contributed by atoms with Crippen LogP contribution in [0.1, 0.15) is 22.3 Å². The Bertz CT molecular complexity index is 1170. The maximum atomic E-state index is 6.10. The molecular weight excluding hydrogens is 420 g/mol. The first-order chi connectivity index (χ1) is 15.7. The summed E-state index contributed by atoms with van der Waals surface area (Å²) in [5.41, 5.74) is 4.36. The van der Waals surface area contributed by atoms with Crippen molar-refractivity contribution in [3.05, 3.63) is 101 Å². The summed E-state index contributed by atoms with van der Waals surface area (Å²) in [6.45, 7) is 2.52. The van der Waals surface area contributed by atoms with Gasteiger partial charge in [0.15, 0.2) is 11.5 Å². The van der Waals surface area contributed by atoms with E-state index in [0.717, 1.165) is 22.0 Å². The lowest BCUT2D eigenvalue weighted by Crippen LogP contribution is -2.01. The Hall–Kier alpha value is -3.58. The number of aryl methyl sites for hydroxylation is 1. The van der Waals surface area contributed by atoms with Crippen LogP contribution < -0.4 is 9.47 Å². The van der Waals surface area contributed by atoms with Crippen LogP contribution >= 0.6 is 11.8 Å². The highest BCUT2D eigenvalue weighted by atomic mass is 32.2. The maximum Gasteiger partial charge on any atom is 0.212 e. The van der Waals surface area contributed by atoms with Crippen molar-refractivity contribution in [2.45, 2.75) is 24.4 Å². The minimum atomic E-state index is 0.437. The summed E-state index contributed by atoms with van der Waals surface area (Å²) in [7, 11) is 1.63. The number of methoxy groups -OCH3 is 1. The lowest BCUT2D eigenvalue weighted by atomic mass is 10.2. The lowest BCUT2D eigenvalue weighted by Gasteiger charge is -2.13. The Morgan fingerprint density at radius 1 is 0.969 bits per heavy atom. The lowest BCUT2D eigenvalue weighted by molar-refractivity contribution is 0.284. The van der Waals surface area contributed by atoms with E-state index in [9.17, 15) is 0 Å². The Morgan fingerprint density at radius 2 is 1.78 bits per heavy atom. The molecular formula is C25H24N4O2S. The number of ether oxygens (including phenoxy) is 2. The van der Waals surface area contributed by atoms with Crippen molar-refractivity contribution < 1.29 is 9.47 Å². The van der Waals surface area contributed by atoms with Gasteiger partial charge in [-0.2, -0.15) is 9.78 Å². The van der Waals surface area contributed by atoms with E-state index in [1.807, 2.05) is 48.5 Å². The Balaban J connectivity index is 1.49. The Labute approximate surface area is 191 Å². The number of hydrogen-bond acceptors (Lipinski definition) is 6. The molecule has 0 aliphatic carbocycles. The molecule has 0 aliphatic rings. The van der Waals surface area contributed by atoms with Gasteiger partial charge in [-0.25, -0.2) is 0 Å². The summed E-state index contributed by atoms with van der Waals surface area (Å²) < 4.78 is 13.3. The summed E-state index contributed by atoms with van der Waals surface area (Å²) in [6.07, 6.45) is 3.33. The van der Waals surface area contributed by atoms with Gasteiger partial charge in [0.05, 0.1) is 13.3 Å². The van der Waals surface area contributed by atoms with Gasteiger partial charge in [-0.05, 0) is 30.2 Å². The number of hydrogen-bond donors (Lipinski definition) is 0. The molecule has 0 amide bonds. The van der Waals surface area contributed by atoms with Crippen molar-refractivity contribution in [2.24, 2.45) is 5.10 Å². The molecule has 7 heteroatoms. The second-order valence-corrected chi connectivity index (χ2v) is 8.07. The molecule has 0 atom stereocenters. The summed E-state index contributed by atoms with van der Waals surface area (Å²) >= 11 is 1.59. The van der Waals surface area contributed by atoms with E-state index in [0.29, 0.717) is 18.1 Å². The zero-order chi connectivity index (χ0) is 22.2. The fourth-order valence-corrected chi connectivity index (χ4v) is 3.85. The van der Waals surface area contributed by atoms with Crippen molar-refractivity contribution in [1.29, 1.82) is 0 Å². The van der Waals surface area contributed by atoms with Crippen LogP contribution in [0.25, 0.3) is 0 Å². The predicted molar refractivity (Wildman–Crippen MR) is 128 cm³/mol. The smallest absolute Gasteiger partial charge is 0.212 e. The van der Waals surface area contributed by atoms with E-state index in [1.54, 1.807) is 36.1 Å². The van der Waals surface area contributed by atoms with Gasteiger partial charge in [0, 0.05) is 11.3 Å². The van der Waals surface area contributed by atoms with Gasteiger partial charge in [-0.15, -0.1) is 10.2 Å². The molecule has 4 rings (SSSR count). The van der Waals surface area contributed by atoms with E-state index in [1.165, 1.54) is 11.1 Å². The molecule has 0 aliphatic heterocycles. The molecule has 32 heavy (non-hydrogen) atoms. The first-order valence-corrected chi connectivity index (χ1v) is 11.2. The third-order valence-corrected chi connectivity index (χ3v) is 5.77. The molecule has 0 fully saturated rings. The average Bonchev–Trinajstić information content (AvgIpc) is 3.29. The maximum absolute atomic E-state index is 6.10. The van der Waals surface area contributed by atoms with Gasteiger partial charge in [-0.3, -0.25) is 0 Å². The van der Waals surface area contributed by atoms with Crippen LogP contribution in [0.15, 0.2) is 89.4 Å². The number of nitrogens with zero attached hydrogens (tertiary/aromatic N) is 4. The van der Waals surface area contributed by atoms with Crippen LogP contribution in [-0.4, -0.2) is 28.2 Å². The van der Waals surface area contributed by atoms with Crippen molar-refractivity contribution >= 4 is 18.0 Å². The second-order valence-electron chi connectivity index (χ2n) is 7.13. The Kier molecular flexibility index (Phi) is 7.19. The summed E-state index contributed by atoms with van der Waals surface area (Å²) in [5.74, 6) is 2.09. The molecule has 0 saturated heterocycles. The third kappa shape index (κ3) is 5.56. The number of benzene rings is 3. The van der Waals surface area contributed by atoms with Crippen LogP contribution in [0.3, 0.4) is 0 Å². The highest BCUT2D eigenvalue weighted by Crippen LogP contribution is 2.31. The molecule has 0 spiro atoms. The van der Waals surface area contributed by atoms with Gasteiger partial charge >= 0.3 is 0 Å². The normalized spacial score (nSPS) is 11.1. The predicted octanol–water partition coefficient (Wildman–Crippen LogP) is 5.35. The fourth-order valence-electron chi connectivity index (χ4n) is 3.03. The topological polar surface area (TPSA) is 61.5 Å². The van der Waals surface area contributed by atoms with Crippen molar-refractivity contribution in [3.8, 4) is 11.5 Å². The van der Waals surface area contributed by atoms with E-state index in [2.05, 4.69) is 46.5 Å². The molecule has 162 valence electrons. The summed E-state index contributed by atoms with van der Waals surface area (Å²) in [4.78, 5) is 0.